The van der Waals surface area contributed by atoms with Crippen molar-refractivity contribution in [1.29, 1.82) is 0 Å². The molecule has 0 amide bonds. The van der Waals surface area contributed by atoms with Crippen molar-refractivity contribution in [2.75, 3.05) is 32.4 Å². The molecule has 0 bridgehead atoms. The van der Waals surface area contributed by atoms with Crippen LogP contribution in [0.4, 0.5) is 5.82 Å². The van der Waals surface area contributed by atoms with Crippen LogP contribution in [0.1, 0.15) is 6.42 Å². The SMILES string of the molecule is CN1CCC(CNS(=O)(=O)c2c(N)ncn2C)C1. The summed E-state index contributed by atoms with van der Waals surface area (Å²) in [6, 6.07) is 0. The smallest absolute Gasteiger partial charge is 0.260 e. The fourth-order valence-corrected chi connectivity index (χ4v) is 3.60. The number of likely N-dealkylation sites (tertiary alicyclic amines) is 1. The summed E-state index contributed by atoms with van der Waals surface area (Å²) < 4.78 is 28.2. The number of aryl methyl sites for hydroxylation is 1. The maximum Gasteiger partial charge on any atom is 0.260 e. The summed E-state index contributed by atoms with van der Waals surface area (Å²) in [7, 11) is 0.0714. The molecule has 1 aromatic rings. The molecule has 1 aliphatic heterocycles. The van der Waals surface area contributed by atoms with Gasteiger partial charge in [0, 0.05) is 20.1 Å². The minimum atomic E-state index is -3.58. The van der Waals surface area contributed by atoms with Crippen LogP contribution in [0.2, 0.25) is 0 Å². The van der Waals surface area contributed by atoms with Crippen LogP contribution in [0.5, 0.6) is 0 Å². The van der Waals surface area contributed by atoms with Crippen molar-refractivity contribution in [3.05, 3.63) is 6.33 Å². The Morgan fingerprint density at radius 1 is 1.56 bits per heavy atom. The second-order valence-corrected chi connectivity index (χ2v) is 6.50. The first-order valence-electron chi connectivity index (χ1n) is 5.85. The highest BCUT2D eigenvalue weighted by Gasteiger charge is 2.25. The van der Waals surface area contributed by atoms with E-state index in [1.54, 1.807) is 7.05 Å². The van der Waals surface area contributed by atoms with Gasteiger partial charge in [-0.05, 0) is 25.9 Å². The number of nitrogens with zero attached hydrogens (tertiary/aromatic N) is 3. The Balaban J connectivity index is 2.04. The highest BCUT2D eigenvalue weighted by Crippen LogP contribution is 2.17. The molecule has 0 aliphatic carbocycles. The van der Waals surface area contributed by atoms with Crippen molar-refractivity contribution < 1.29 is 8.42 Å². The molecule has 2 rings (SSSR count). The van der Waals surface area contributed by atoms with E-state index in [1.165, 1.54) is 10.9 Å². The Bertz CT molecular complexity index is 505. The van der Waals surface area contributed by atoms with Crippen LogP contribution in [0.25, 0.3) is 0 Å². The second-order valence-electron chi connectivity index (χ2n) is 4.81. The number of hydrogen-bond donors (Lipinski definition) is 2. The molecule has 2 heterocycles. The van der Waals surface area contributed by atoms with Crippen LogP contribution >= 0.6 is 0 Å². The number of nitrogen functional groups attached to an aromatic ring is 1. The molecule has 1 unspecified atom stereocenters. The van der Waals surface area contributed by atoms with Gasteiger partial charge in [-0.3, -0.25) is 0 Å². The van der Waals surface area contributed by atoms with Crippen LogP contribution in [-0.4, -0.2) is 49.6 Å². The Morgan fingerprint density at radius 3 is 2.78 bits per heavy atom. The molecule has 102 valence electrons. The van der Waals surface area contributed by atoms with Crippen molar-refractivity contribution in [2.45, 2.75) is 11.4 Å². The number of sulfonamides is 1. The first-order chi connectivity index (χ1) is 8.40. The van der Waals surface area contributed by atoms with Crippen molar-refractivity contribution in [1.82, 2.24) is 19.2 Å². The molecule has 3 N–H and O–H groups in total. The average Bonchev–Trinajstić information content (AvgIpc) is 2.83. The third kappa shape index (κ3) is 2.65. The highest BCUT2D eigenvalue weighted by molar-refractivity contribution is 7.89. The molecule has 7 nitrogen and oxygen atoms in total. The van der Waals surface area contributed by atoms with E-state index < -0.39 is 10.0 Å². The summed E-state index contributed by atoms with van der Waals surface area (Å²) in [6.45, 7) is 2.38. The van der Waals surface area contributed by atoms with Gasteiger partial charge in [0.15, 0.2) is 10.8 Å². The van der Waals surface area contributed by atoms with Crippen LogP contribution in [0, 0.1) is 5.92 Å². The summed E-state index contributed by atoms with van der Waals surface area (Å²) in [6.07, 6.45) is 2.41. The standard InChI is InChI=1S/C10H19N5O2S/c1-14-4-3-8(6-14)5-13-18(16,17)10-9(11)12-7-15(10)2/h7-8,13H,3-6,11H2,1-2H3. The van der Waals surface area contributed by atoms with Crippen molar-refractivity contribution in [3.8, 4) is 0 Å². The number of anilines is 1. The minimum absolute atomic E-state index is 0.0357. The molecule has 18 heavy (non-hydrogen) atoms. The van der Waals surface area contributed by atoms with Crippen molar-refractivity contribution in [2.24, 2.45) is 13.0 Å². The van der Waals surface area contributed by atoms with Gasteiger partial charge in [0.1, 0.15) is 0 Å². The van der Waals surface area contributed by atoms with E-state index in [2.05, 4.69) is 14.6 Å². The second kappa shape index (κ2) is 4.87. The lowest BCUT2D eigenvalue weighted by molar-refractivity contribution is 0.394. The first-order valence-corrected chi connectivity index (χ1v) is 7.33. The summed E-state index contributed by atoms with van der Waals surface area (Å²) in [5, 5.41) is 0.0360. The molecule has 8 heteroatoms. The van der Waals surface area contributed by atoms with Gasteiger partial charge < -0.3 is 15.2 Å². The molecule has 1 aromatic heterocycles. The van der Waals surface area contributed by atoms with E-state index in [0.29, 0.717) is 12.5 Å². The predicted octanol–water partition coefficient (Wildman–Crippen LogP) is -0.768. The van der Waals surface area contributed by atoms with Gasteiger partial charge in [0.25, 0.3) is 10.0 Å². The van der Waals surface area contributed by atoms with Crippen molar-refractivity contribution in [3.63, 3.8) is 0 Å². The molecular formula is C10H19N5O2S. The first kappa shape index (κ1) is 13.3. The third-order valence-electron chi connectivity index (χ3n) is 3.22. The van der Waals surface area contributed by atoms with E-state index in [-0.39, 0.29) is 10.8 Å². The van der Waals surface area contributed by atoms with E-state index in [4.69, 9.17) is 5.73 Å². The van der Waals surface area contributed by atoms with E-state index in [9.17, 15) is 8.42 Å². The number of hydrogen-bond acceptors (Lipinski definition) is 5. The number of nitrogens with two attached hydrogens (primary N) is 1. The monoisotopic (exact) mass is 273 g/mol. The van der Waals surface area contributed by atoms with Gasteiger partial charge in [0.2, 0.25) is 0 Å². The maximum atomic E-state index is 12.1. The normalized spacial score (nSPS) is 21.6. The summed E-state index contributed by atoms with van der Waals surface area (Å²) in [4.78, 5) is 5.98. The molecule has 0 saturated carbocycles. The predicted molar refractivity (Wildman–Crippen MR) is 68.4 cm³/mol. The van der Waals surface area contributed by atoms with E-state index in [0.717, 1.165) is 19.5 Å². The van der Waals surface area contributed by atoms with Gasteiger partial charge in [-0.2, -0.15) is 0 Å². The van der Waals surface area contributed by atoms with Gasteiger partial charge in [-0.15, -0.1) is 0 Å². The lowest BCUT2D eigenvalue weighted by atomic mass is 10.1. The number of rotatable bonds is 4. The highest BCUT2D eigenvalue weighted by atomic mass is 32.2. The molecule has 0 spiro atoms. The Hall–Kier alpha value is -1.12. The number of imidazole rings is 1. The lowest BCUT2D eigenvalue weighted by Crippen LogP contribution is -2.32. The molecule has 0 radical (unpaired) electrons. The number of nitrogens with one attached hydrogen (secondary N) is 1. The molecular weight excluding hydrogens is 254 g/mol. The average molecular weight is 273 g/mol. The molecule has 1 saturated heterocycles. The van der Waals surface area contributed by atoms with E-state index >= 15 is 0 Å². The van der Waals surface area contributed by atoms with Crippen molar-refractivity contribution >= 4 is 15.8 Å². The van der Waals surface area contributed by atoms with Crippen LogP contribution in [-0.2, 0) is 17.1 Å². The zero-order chi connectivity index (χ0) is 13.3. The van der Waals surface area contributed by atoms with Gasteiger partial charge >= 0.3 is 0 Å². The van der Waals surface area contributed by atoms with Gasteiger partial charge in [-0.25, -0.2) is 18.1 Å². The van der Waals surface area contributed by atoms with Gasteiger partial charge in [0.05, 0.1) is 6.33 Å². The molecule has 1 aliphatic rings. The lowest BCUT2D eigenvalue weighted by Gasteiger charge is -2.12. The van der Waals surface area contributed by atoms with Gasteiger partial charge in [-0.1, -0.05) is 0 Å². The fourth-order valence-electron chi connectivity index (χ4n) is 2.25. The Kier molecular flexibility index (Phi) is 3.60. The third-order valence-corrected chi connectivity index (χ3v) is 4.77. The Labute approximate surface area is 107 Å². The number of aromatic nitrogens is 2. The van der Waals surface area contributed by atoms with Crippen LogP contribution < -0.4 is 10.5 Å². The Morgan fingerprint density at radius 2 is 2.28 bits per heavy atom. The zero-order valence-electron chi connectivity index (χ0n) is 10.6. The molecule has 1 fully saturated rings. The van der Waals surface area contributed by atoms with E-state index in [1.807, 2.05) is 7.05 Å². The molecule has 1 atom stereocenters. The minimum Gasteiger partial charge on any atom is -0.381 e. The quantitative estimate of drug-likeness (QED) is 0.751. The summed E-state index contributed by atoms with van der Waals surface area (Å²) >= 11 is 0. The summed E-state index contributed by atoms with van der Waals surface area (Å²) in [5.41, 5.74) is 5.57. The zero-order valence-corrected chi connectivity index (χ0v) is 11.4. The topological polar surface area (TPSA) is 93.2 Å². The molecule has 0 aromatic carbocycles. The summed E-state index contributed by atoms with van der Waals surface area (Å²) in [5.74, 6) is 0.396. The maximum absolute atomic E-state index is 12.1. The largest absolute Gasteiger partial charge is 0.381 e. The van der Waals surface area contributed by atoms with Crippen LogP contribution in [0.15, 0.2) is 11.4 Å². The van der Waals surface area contributed by atoms with Crippen LogP contribution in [0.3, 0.4) is 0 Å². The fraction of sp³-hybridized carbons (Fsp3) is 0.700.